The van der Waals surface area contributed by atoms with Gasteiger partial charge in [-0.25, -0.2) is 9.07 Å². The molecule has 0 aliphatic carbocycles. The first-order valence-corrected chi connectivity index (χ1v) is 9.17. The van der Waals surface area contributed by atoms with Crippen molar-refractivity contribution in [3.8, 4) is 5.69 Å². The number of likely N-dealkylation sites (tertiary alicyclic amines) is 1. The van der Waals surface area contributed by atoms with Gasteiger partial charge in [-0.2, -0.15) is 5.10 Å². The fourth-order valence-corrected chi connectivity index (χ4v) is 3.01. The van der Waals surface area contributed by atoms with Crippen LogP contribution >= 0.6 is 24.0 Å². The molecule has 1 aliphatic heterocycles. The Kier molecular flexibility index (Phi) is 8.49. The standard InChI is InChI=1S/C19H26FN5O.HI/c1-2-21-19(24-12-9-18(26)10-13-24)22-11-7-16-8-14-25(23-16)17-5-3-15(20)4-6-17;/h3-6,8,14,18,26H,2,7,9-13H2,1H3,(H,21,22);1H. The Balaban J connectivity index is 0.00000261. The molecule has 6 nitrogen and oxygen atoms in total. The summed E-state index contributed by atoms with van der Waals surface area (Å²) in [5.74, 6) is 0.647. The molecule has 1 aromatic carbocycles. The number of piperidine rings is 1. The van der Waals surface area contributed by atoms with Crippen LogP contribution in [-0.4, -0.2) is 58.0 Å². The second-order valence-corrected chi connectivity index (χ2v) is 6.43. The monoisotopic (exact) mass is 487 g/mol. The second kappa shape index (κ2) is 10.6. The zero-order chi connectivity index (χ0) is 18.4. The number of benzene rings is 1. The molecule has 0 spiro atoms. The van der Waals surface area contributed by atoms with Crippen LogP contribution in [0.5, 0.6) is 0 Å². The Hall–Kier alpha value is -1.68. The van der Waals surface area contributed by atoms with E-state index in [0.717, 1.165) is 56.2 Å². The van der Waals surface area contributed by atoms with Gasteiger partial charge in [0.25, 0.3) is 0 Å². The summed E-state index contributed by atoms with van der Waals surface area (Å²) in [6, 6.07) is 8.23. The molecule has 0 atom stereocenters. The molecule has 1 aromatic heterocycles. The van der Waals surface area contributed by atoms with Gasteiger partial charge in [-0.3, -0.25) is 4.99 Å². The van der Waals surface area contributed by atoms with Gasteiger partial charge in [0.15, 0.2) is 5.96 Å². The van der Waals surface area contributed by atoms with Crippen LogP contribution in [0.25, 0.3) is 5.69 Å². The summed E-state index contributed by atoms with van der Waals surface area (Å²) in [6.45, 7) is 5.16. The topological polar surface area (TPSA) is 65.7 Å². The average molecular weight is 487 g/mol. The smallest absolute Gasteiger partial charge is 0.193 e. The molecule has 0 saturated carbocycles. The van der Waals surface area contributed by atoms with Crippen molar-refractivity contribution >= 4 is 29.9 Å². The molecule has 1 aliphatic rings. The molecule has 0 amide bonds. The maximum Gasteiger partial charge on any atom is 0.193 e. The van der Waals surface area contributed by atoms with E-state index in [4.69, 9.17) is 4.99 Å². The van der Waals surface area contributed by atoms with Crippen molar-refractivity contribution in [1.82, 2.24) is 20.0 Å². The summed E-state index contributed by atoms with van der Waals surface area (Å²) in [7, 11) is 0. The first-order chi connectivity index (χ1) is 12.7. The molecule has 0 unspecified atom stereocenters. The number of aliphatic hydroxyl groups excluding tert-OH is 1. The fraction of sp³-hybridized carbons (Fsp3) is 0.474. The minimum Gasteiger partial charge on any atom is -0.393 e. The number of hydrogen-bond donors (Lipinski definition) is 2. The zero-order valence-corrected chi connectivity index (χ0v) is 17.8. The average Bonchev–Trinajstić information content (AvgIpc) is 3.11. The lowest BCUT2D eigenvalue weighted by atomic mass is 10.1. The number of aliphatic imine (C=N–C) groups is 1. The Morgan fingerprint density at radius 1 is 1.26 bits per heavy atom. The van der Waals surface area contributed by atoms with E-state index in [9.17, 15) is 9.50 Å². The lowest BCUT2D eigenvalue weighted by Crippen LogP contribution is -2.46. The third-order valence-corrected chi connectivity index (χ3v) is 4.46. The van der Waals surface area contributed by atoms with Crippen LogP contribution in [0.15, 0.2) is 41.5 Å². The zero-order valence-electron chi connectivity index (χ0n) is 15.5. The van der Waals surface area contributed by atoms with Crippen LogP contribution in [0, 0.1) is 5.82 Å². The van der Waals surface area contributed by atoms with Crippen molar-refractivity contribution in [1.29, 1.82) is 0 Å². The van der Waals surface area contributed by atoms with Gasteiger partial charge in [-0.05, 0) is 50.1 Å². The highest BCUT2D eigenvalue weighted by molar-refractivity contribution is 14.0. The summed E-state index contributed by atoms with van der Waals surface area (Å²) in [5.41, 5.74) is 1.78. The number of rotatable bonds is 5. The lowest BCUT2D eigenvalue weighted by molar-refractivity contribution is 0.108. The largest absolute Gasteiger partial charge is 0.393 e. The van der Waals surface area contributed by atoms with E-state index in [1.807, 2.05) is 12.3 Å². The number of guanidine groups is 1. The number of nitrogens with one attached hydrogen (secondary N) is 1. The van der Waals surface area contributed by atoms with Gasteiger partial charge in [0.1, 0.15) is 5.82 Å². The van der Waals surface area contributed by atoms with Crippen molar-refractivity contribution < 1.29 is 9.50 Å². The Morgan fingerprint density at radius 3 is 2.63 bits per heavy atom. The van der Waals surface area contributed by atoms with Crippen LogP contribution in [0.4, 0.5) is 4.39 Å². The highest BCUT2D eigenvalue weighted by Crippen LogP contribution is 2.11. The summed E-state index contributed by atoms with van der Waals surface area (Å²) in [5, 5.41) is 17.5. The van der Waals surface area contributed by atoms with E-state index in [0.29, 0.717) is 6.54 Å². The Bertz CT molecular complexity index is 726. The number of nitrogens with zero attached hydrogens (tertiary/aromatic N) is 4. The van der Waals surface area contributed by atoms with E-state index in [1.165, 1.54) is 12.1 Å². The molecule has 2 heterocycles. The Morgan fingerprint density at radius 2 is 1.96 bits per heavy atom. The third kappa shape index (κ3) is 6.17. The van der Waals surface area contributed by atoms with Crippen molar-refractivity contribution in [2.75, 3.05) is 26.2 Å². The molecule has 148 valence electrons. The van der Waals surface area contributed by atoms with Crippen LogP contribution < -0.4 is 5.32 Å². The normalized spacial score (nSPS) is 15.5. The number of halogens is 2. The van der Waals surface area contributed by atoms with Gasteiger partial charge in [0.05, 0.1) is 17.5 Å². The van der Waals surface area contributed by atoms with Gasteiger partial charge in [-0.1, -0.05) is 0 Å². The molecule has 2 aromatic rings. The highest BCUT2D eigenvalue weighted by atomic mass is 127. The molecular formula is C19H27FIN5O. The van der Waals surface area contributed by atoms with Crippen molar-refractivity contribution in [2.24, 2.45) is 4.99 Å². The summed E-state index contributed by atoms with van der Waals surface area (Å²) in [4.78, 5) is 6.90. The molecule has 2 N–H and O–H groups in total. The minimum absolute atomic E-state index is 0. The van der Waals surface area contributed by atoms with Gasteiger partial charge < -0.3 is 15.3 Å². The Labute approximate surface area is 176 Å². The molecule has 3 rings (SSSR count). The first-order valence-electron chi connectivity index (χ1n) is 9.17. The van der Waals surface area contributed by atoms with Gasteiger partial charge >= 0.3 is 0 Å². The molecule has 1 saturated heterocycles. The van der Waals surface area contributed by atoms with E-state index in [2.05, 4.69) is 22.2 Å². The highest BCUT2D eigenvalue weighted by Gasteiger charge is 2.19. The predicted octanol–water partition coefficient (Wildman–Crippen LogP) is 2.59. The number of aromatic nitrogens is 2. The number of aliphatic hydroxyl groups is 1. The molecule has 0 radical (unpaired) electrons. The number of hydrogen-bond acceptors (Lipinski definition) is 3. The van der Waals surface area contributed by atoms with Crippen molar-refractivity contribution in [3.63, 3.8) is 0 Å². The van der Waals surface area contributed by atoms with Crippen LogP contribution in [0.1, 0.15) is 25.5 Å². The predicted molar refractivity (Wildman–Crippen MR) is 115 cm³/mol. The van der Waals surface area contributed by atoms with Gasteiger partial charge in [-0.15, -0.1) is 24.0 Å². The second-order valence-electron chi connectivity index (χ2n) is 6.43. The lowest BCUT2D eigenvalue weighted by Gasteiger charge is -2.32. The van der Waals surface area contributed by atoms with Gasteiger partial charge in [0, 0.05) is 38.8 Å². The maximum atomic E-state index is 13.0. The fourth-order valence-electron chi connectivity index (χ4n) is 3.01. The first kappa shape index (κ1) is 21.6. The summed E-state index contributed by atoms with van der Waals surface area (Å²) >= 11 is 0. The van der Waals surface area contributed by atoms with E-state index >= 15 is 0 Å². The van der Waals surface area contributed by atoms with Crippen LogP contribution in [-0.2, 0) is 6.42 Å². The van der Waals surface area contributed by atoms with Gasteiger partial charge in [0.2, 0.25) is 0 Å². The molecule has 8 heteroatoms. The molecular weight excluding hydrogens is 460 g/mol. The molecule has 27 heavy (non-hydrogen) atoms. The quantitative estimate of drug-likeness (QED) is 0.387. The third-order valence-electron chi connectivity index (χ3n) is 4.46. The van der Waals surface area contributed by atoms with Crippen molar-refractivity contribution in [3.05, 3.63) is 48.0 Å². The summed E-state index contributed by atoms with van der Waals surface area (Å²) in [6.07, 6.45) is 3.99. The summed E-state index contributed by atoms with van der Waals surface area (Å²) < 4.78 is 14.8. The van der Waals surface area contributed by atoms with Crippen molar-refractivity contribution in [2.45, 2.75) is 32.3 Å². The van der Waals surface area contributed by atoms with Crippen LogP contribution in [0.2, 0.25) is 0 Å². The van der Waals surface area contributed by atoms with E-state index in [1.54, 1.807) is 16.8 Å². The molecule has 0 bridgehead atoms. The SMILES string of the molecule is CCNC(=NCCc1ccn(-c2ccc(F)cc2)n1)N1CCC(O)CC1.I. The van der Waals surface area contributed by atoms with Crippen LogP contribution in [0.3, 0.4) is 0 Å². The van der Waals surface area contributed by atoms with E-state index in [-0.39, 0.29) is 35.9 Å². The minimum atomic E-state index is -0.253. The molecule has 1 fully saturated rings. The van der Waals surface area contributed by atoms with E-state index < -0.39 is 0 Å². The maximum absolute atomic E-state index is 13.0.